The Morgan fingerprint density at radius 2 is 1.95 bits per heavy atom. The monoisotopic (exact) mass is 265 g/mol. The third kappa shape index (κ3) is 4.11. The zero-order valence-corrected chi connectivity index (χ0v) is 11.7. The Bertz CT molecular complexity index is 418. The predicted octanol–water partition coefficient (Wildman–Crippen LogP) is 1.96. The summed E-state index contributed by atoms with van der Waals surface area (Å²) in [5, 5.41) is 12.6. The highest BCUT2D eigenvalue weighted by molar-refractivity contribution is 5.43. The van der Waals surface area contributed by atoms with Crippen LogP contribution in [0.3, 0.4) is 0 Å². The topological polar surface area (TPSA) is 50.7 Å². The van der Waals surface area contributed by atoms with Gasteiger partial charge in [0.25, 0.3) is 0 Å². The molecule has 0 spiro atoms. The number of hydrogen-bond donors (Lipinski definition) is 2. The molecule has 1 aromatic rings. The van der Waals surface area contributed by atoms with Crippen molar-refractivity contribution in [3.05, 3.63) is 23.8 Å². The molecule has 2 N–H and O–H groups in total. The molecule has 2 rings (SSSR count). The number of hydrogen-bond acceptors (Lipinski definition) is 4. The van der Waals surface area contributed by atoms with E-state index in [1.54, 1.807) is 0 Å². The fraction of sp³-hybridized carbons (Fsp3) is 0.600. The van der Waals surface area contributed by atoms with Gasteiger partial charge in [0.1, 0.15) is 0 Å². The Morgan fingerprint density at radius 1 is 1.21 bits per heavy atom. The van der Waals surface area contributed by atoms with Crippen molar-refractivity contribution in [2.45, 2.75) is 26.8 Å². The van der Waals surface area contributed by atoms with Gasteiger partial charge in [-0.25, -0.2) is 0 Å². The first-order valence-electron chi connectivity index (χ1n) is 6.81. The van der Waals surface area contributed by atoms with Crippen molar-refractivity contribution in [3.63, 3.8) is 0 Å². The van der Waals surface area contributed by atoms with Gasteiger partial charge in [0, 0.05) is 31.5 Å². The molecule has 0 fully saturated rings. The number of rotatable bonds is 5. The number of fused-ring (bicyclic) bond motifs is 1. The summed E-state index contributed by atoms with van der Waals surface area (Å²) in [5.74, 6) is 1.66. The van der Waals surface area contributed by atoms with Crippen LogP contribution in [0.1, 0.15) is 25.8 Å². The second-order valence-corrected chi connectivity index (χ2v) is 5.76. The highest BCUT2D eigenvalue weighted by Crippen LogP contribution is 2.30. The zero-order chi connectivity index (χ0) is 13.7. The lowest BCUT2D eigenvalue weighted by atomic mass is 9.95. The van der Waals surface area contributed by atoms with E-state index in [4.69, 9.17) is 9.47 Å². The van der Waals surface area contributed by atoms with Crippen molar-refractivity contribution in [3.8, 4) is 11.5 Å². The molecule has 0 aromatic heterocycles. The van der Waals surface area contributed by atoms with Crippen LogP contribution < -0.4 is 14.8 Å². The van der Waals surface area contributed by atoms with E-state index in [1.807, 2.05) is 32.0 Å². The van der Waals surface area contributed by atoms with E-state index in [2.05, 4.69) is 5.32 Å². The van der Waals surface area contributed by atoms with E-state index in [1.165, 1.54) is 0 Å². The predicted molar refractivity (Wildman–Crippen MR) is 74.6 cm³/mol. The van der Waals surface area contributed by atoms with Crippen molar-refractivity contribution in [1.82, 2.24) is 5.32 Å². The molecule has 0 saturated carbocycles. The molecule has 19 heavy (non-hydrogen) atoms. The Morgan fingerprint density at radius 3 is 2.68 bits per heavy atom. The molecule has 106 valence electrons. The van der Waals surface area contributed by atoms with Gasteiger partial charge < -0.3 is 19.9 Å². The van der Waals surface area contributed by atoms with Gasteiger partial charge in [-0.1, -0.05) is 19.9 Å². The maximum absolute atomic E-state index is 9.20. The van der Waals surface area contributed by atoms with Crippen LogP contribution in [0.5, 0.6) is 11.5 Å². The standard InChI is InChI=1S/C15H23NO3/c1-15(2,11-17)10-16-9-12-4-5-13-14(8-12)19-7-3-6-18-13/h4-5,8,16-17H,3,6-7,9-11H2,1-2H3. The number of benzene rings is 1. The van der Waals surface area contributed by atoms with Crippen LogP contribution in [0.4, 0.5) is 0 Å². The van der Waals surface area contributed by atoms with Crippen LogP contribution in [0, 0.1) is 5.41 Å². The molecule has 0 radical (unpaired) electrons. The molecule has 0 atom stereocenters. The summed E-state index contributed by atoms with van der Waals surface area (Å²) in [5.41, 5.74) is 1.07. The second-order valence-electron chi connectivity index (χ2n) is 5.76. The summed E-state index contributed by atoms with van der Waals surface area (Å²) in [7, 11) is 0. The fourth-order valence-corrected chi connectivity index (χ4v) is 1.92. The molecule has 1 aliphatic rings. The van der Waals surface area contributed by atoms with Gasteiger partial charge in [0.2, 0.25) is 0 Å². The number of aliphatic hydroxyl groups is 1. The lowest BCUT2D eigenvalue weighted by Gasteiger charge is -2.22. The fourth-order valence-electron chi connectivity index (χ4n) is 1.92. The number of nitrogens with one attached hydrogen (secondary N) is 1. The molecule has 0 bridgehead atoms. The Labute approximate surface area is 114 Å². The van der Waals surface area contributed by atoms with Crippen LogP contribution in [0.25, 0.3) is 0 Å². The summed E-state index contributed by atoms with van der Waals surface area (Å²) in [4.78, 5) is 0. The van der Waals surface area contributed by atoms with Crippen molar-refractivity contribution in [1.29, 1.82) is 0 Å². The van der Waals surface area contributed by atoms with Crippen molar-refractivity contribution in [2.75, 3.05) is 26.4 Å². The van der Waals surface area contributed by atoms with Gasteiger partial charge in [-0.2, -0.15) is 0 Å². The molecule has 4 nitrogen and oxygen atoms in total. The van der Waals surface area contributed by atoms with Crippen LogP contribution in [0.15, 0.2) is 18.2 Å². The lowest BCUT2D eigenvalue weighted by Crippen LogP contribution is -2.31. The highest BCUT2D eigenvalue weighted by atomic mass is 16.5. The first-order chi connectivity index (χ1) is 9.11. The maximum atomic E-state index is 9.20. The lowest BCUT2D eigenvalue weighted by molar-refractivity contribution is 0.156. The molecule has 1 aliphatic heterocycles. The summed E-state index contributed by atoms with van der Waals surface area (Å²) >= 11 is 0. The van der Waals surface area contributed by atoms with E-state index >= 15 is 0 Å². The van der Waals surface area contributed by atoms with Crippen molar-refractivity contribution < 1.29 is 14.6 Å². The summed E-state index contributed by atoms with van der Waals surface area (Å²) in [6.07, 6.45) is 0.924. The Kier molecular flexibility index (Phi) is 4.66. The van der Waals surface area contributed by atoms with Crippen molar-refractivity contribution in [2.24, 2.45) is 5.41 Å². The minimum Gasteiger partial charge on any atom is -0.490 e. The van der Waals surface area contributed by atoms with E-state index in [0.717, 1.165) is 43.2 Å². The first-order valence-corrected chi connectivity index (χ1v) is 6.81. The normalized spacial score (nSPS) is 15.1. The average molecular weight is 265 g/mol. The van der Waals surface area contributed by atoms with E-state index < -0.39 is 0 Å². The van der Waals surface area contributed by atoms with Gasteiger partial charge >= 0.3 is 0 Å². The Balaban J connectivity index is 1.93. The van der Waals surface area contributed by atoms with Gasteiger partial charge in [0.05, 0.1) is 13.2 Å². The van der Waals surface area contributed by atoms with Gasteiger partial charge in [-0.15, -0.1) is 0 Å². The molecule has 0 saturated heterocycles. The van der Waals surface area contributed by atoms with Crippen molar-refractivity contribution >= 4 is 0 Å². The molecule has 1 heterocycles. The smallest absolute Gasteiger partial charge is 0.161 e. The SMILES string of the molecule is CC(C)(CO)CNCc1ccc2c(c1)OCCCO2. The van der Waals surface area contributed by atoms with Crippen LogP contribution in [0.2, 0.25) is 0 Å². The minimum atomic E-state index is -0.0920. The Hall–Kier alpha value is -1.26. The summed E-state index contributed by atoms with van der Waals surface area (Å²) in [6, 6.07) is 6.04. The number of aliphatic hydroxyl groups excluding tert-OH is 1. The van der Waals surface area contributed by atoms with Crippen LogP contribution in [-0.4, -0.2) is 31.5 Å². The zero-order valence-electron chi connectivity index (χ0n) is 11.7. The molecule has 0 aliphatic carbocycles. The summed E-state index contributed by atoms with van der Waals surface area (Å²) in [6.45, 7) is 7.22. The van der Waals surface area contributed by atoms with E-state index in [9.17, 15) is 5.11 Å². The largest absolute Gasteiger partial charge is 0.490 e. The quantitative estimate of drug-likeness (QED) is 0.854. The third-order valence-electron chi connectivity index (χ3n) is 3.17. The molecular weight excluding hydrogens is 242 g/mol. The maximum Gasteiger partial charge on any atom is 0.161 e. The molecular formula is C15H23NO3. The molecule has 0 unspecified atom stereocenters. The molecule has 1 aromatic carbocycles. The van der Waals surface area contributed by atoms with Crippen LogP contribution in [-0.2, 0) is 6.54 Å². The summed E-state index contributed by atoms with van der Waals surface area (Å²) < 4.78 is 11.3. The average Bonchev–Trinajstić information content (AvgIpc) is 2.63. The van der Waals surface area contributed by atoms with Gasteiger partial charge in [0.15, 0.2) is 11.5 Å². The van der Waals surface area contributed by atoms with E-state index in [-0.39, 0.29) is 12.0 Å². The number of ether oxygens (including phenoxy) is 2. The highest BCUT2D eigenvalue weighted by Gasteiger charge is 2.16. The molecule has 0 amide bonds. The van der Waals surface area contributed by atoms with Gasteiger partial charge in [-0.05, 0) is 17.7 Å². The van der Waals surface area contributed by atoms with Crippen LogP contribution >= 0.6 is 0 Å². The molecule has 4 heteroatoms. The van der Waals surface area contributed by atoms with E-state index in [0.29, 0.717) is 6.61 Å². The first kappa shape index (κ1) is 14.2. The third-order valence-corrected chi connectivity index (χ3v) is 3.17. The second kappa shape index (κ2) is 6.26. The minimum absolute atomic E-state index is 0.0920. The van der Waals surface area contributed by atoms with Gasteiger partial charge in [-0.3, -0.25) is 0 Å².